The summed E-state index contributed by atoms with van der Waals surface area (Å²) in [6.07, 6.45) is 3.43. The van der Waals surface area contributed by atoms with Crippen LogP contribution in [0.5, 0.6) is 0 Å². The minimum absolute atomic E-state index is 0.0966. The monoisotopic (exact) mass is 182 g/mol. The Morgan fingerprint density at radius 1 is 1.31 bits per heavy atom. The van der Waals surface area contributed by atoms with Crippen LogP contribution in [0.2, 0.25) is 0 Å². The molecule has 0 spiro atoms. The van der Waals surface area contributed by atoms with Gasteiger partial charge in [-0.2, -0.15) is 0 Å². The molecule has 0 heterocycles. The summed E-state index contributed by atoms with van der Waals surface area (Å²) in [5, 5.41) is 9.81. The van der Waals surface area contributed by atoms with Gasteiger partial charge >= 0.3 is 0 Å². The van der Waals surface area contributed by atoms with E-state index in [0.717, 1.165) is 5.57 Å². The summed E-state index contributed by atoms with van der Waals surface area (Å²) in [6.45, 7) is 14.1. The topological polar surface area (TPSA) is 20.2 Å². The lowest BCUT2D eigenvalue weighted by molar-refractivity contribution is 0.162. The Morgan fingerprint density at radius 2 is 1.77 bits per heavy atom. The van der Waals surface area contributed by atoms with Crippen molar-refractivity contribution in [3.05, 3.63) is 24.3 Å². The van der Waals surface area contributed by atoms with Gasteiger partial charge in [0.25, 0.3) is 0 Å². The molecule has 76 valence electrons. The second kappa shape index (κ2) is 4.61. The van der Waals surface area contributed by atoms with Crippen LogP contribution in [0.4, 0.5) is 0 Å². The third-order valence-electron chi connectivity index (χ3n) is 1.81. The van der Waals surface area contributed by atoms with E-state index in [2.05, 4.69) is 33.4 Å². The van der Waals surface area contributed by atoms with Gasteiger partial charge in [0.05, 0.1) is 6.10 Å². The quantitative estimate of drug-likeness (QED) is 0.665. The maximum Gasteiger partial charge on any atom is 0.0809 e. The van der Waals surface area contributed by atoms with Crippen molar-refractivity contribution in [2.24, 2.45) is 11.3 Å². The lowest BCUT2D eigenvalue weighted by atomic mass is 9.89. The highest BCUT2D eigenvalue weighted by molar-refractivity contribution is 5.23. The molecule has 1 N–H and O–H groups in total. The molecule has 0 amide bonds. The molecule has 13 heavy (non-hydrogen) atoms. The Balaban J connectivity index is 4.70. The zero-order chi connectivity index (χ0) is 10.6. The van der Waals surface area contributed by atoms with Gasteiger partial charge in [-0.05, 0) is 16.9 Å². The van der Waals surface area contributed by atoms with Gasteiger partial charge < -0.3 is 5.11 Å². The zero-order valence-corrected chi connectivity index (χ0v) is 9.46. The molecule has 0 aliphatic carbocycles. The van der Waals surface area contributed by atoms with E-state index in [0.29, 0.717) is 0 Å². The standard InChI is InChI=1S/C12H22O/c1-7-10(8-12(4,5)6)11(13)9(2)3/h7-9,11,13H,1H2,2-6H3/b10-8+/t11-/m0/s1. The largest absolute Gasteiger partial charge is 0.388 e. The molecule has 1 heteroatoms. The summed E-state index contributed by atoms with van der Waals surface area (Å²) in [6, 6.07) is 0. The van der Waals surface area contributed by atoms with E-state index >= 15 is 0 Å². The van der Waals surface area contributed by atoms with Crippen LogP contribution in [0.3, 0.4) is 0 Å². The lowest BCUT2D eigenvalue weighted by Crippen LogP contribution is -2.18. The number of allylic oxidation sites excluding steroid dienone is 1. The predicted molar refractivity (Wildman–Crippen MR) is 58.6 cm³/mol. The van der Waals surface area contributed by atoms with Crippen LogP contribution < -0.4 is 0 Å². The Labute approximate surface area is 82.2 Å². The highest BCUT2D eigenvalue weighted by Crippen LogP contribution is 2.22. The maximum absolute atomic E-state index is 9.81. The molecular weight excluding hydrogens is 160 g/mol. The molecule has 0 aromatic rings. The molecular formula is C12H22O. The maximum atomic E-state index is 9.81. The minimum Gasteiger partial charge on any atom is -0.388 e. The van der Waals surface area contributed by atoms with Crippen molar-refractivity contribution in [1.82, 2.24) is 0 Å². The summed E-state index contributed by atoms with van der Waals surface area (Å²) in [5.41, 5.74) is 1.03. The molecule has 0 aliphatic rings. The highest BCUT2D eigenvalue weighted by Gasteiger charge is 2.15. The van der Waals surface area contributed by atoms with E-state index in [9.17, 15) is 5.11 Å². The Bertz CT molecular complexity index is 194. The van der Waals surface area contributed by atoms with Crippen molar-refractivity contribution in [3.8, 4) is 0 Å². The molecule has 0 rings (SSSR count). The number of aliphatic hydroxyl groups is 1. The highest BCUT2D eigenvalue weighted by atomic mass is 16.3. The van der Waals surface area contributed by atoms with Crippen molar-refractivity contribution < 1.29 is 5.11 Å². The number of hydrogen-bond donors (Lipinski definition) is 1. The normalized spacial score (nSPS) is 16.1. The molecule has 0 unspecified atom stereocenters. The third-order valence-corrected chi connectivity index (χ3v) is 1.81. The Morgan fingerprint density at radius 3 is 2.00 bits per heavy atom. The molecule has 0 aromatic carbocycles. The van der Waals surface area contributed by atoms with E-state index in [1.165, 1.54) is 0 Å². The second-order valence-corrected chi connectivity index (χ2v) is 4.90. The number of hydrogen-bond acceptors (Lipinski definition) is 1. The van der Waals surface area contributed by atoms with Crippen LogP contribution in [0.25, 0.3) is 0 Å². The van der Waals surface area contributed by atoms with Crippen molar-refractivity contribution >= 4 is 0 Å². The van der Waals surface area contributed by atoms with E-state index in [1.807, 2.05) is 13.8 Å². The van der Waals surface area contributed by atoms with Crippen LogP contribution in [0, 0.1) is 11.3 Å². The van der Waals surface area contributed by atoms with Crippen LogP contribution in [0.1, 0.15) is 34.6 Å². The molecule has 0 saturated carbocycles. The van der Waals surface area contributed by atoms with Crippen LogP contribution in [0.15, 0.2) is 24.3 Å². The first-order valence-corrected chi connectivity index (χ1v) is 4.81. The lowest BCUT2D eigenvalue weighted by Gasteiger charge is -2.20. The minimum atomic E-state index is -0.392. The van der Waals surface area contributed by atoms with Crippen molar-refractivity contribution in [2.75, 3.05) is 0 Å². The SMILES string of the molecule is C=C/C(=C\C(C)(C)C)[C@@H](O)C(C)C. The van der Waals surface area contributed by atoms with Crippen molar-refractivity contribution in [2.45, 2.75) is 40.7 Å². The second-order valence-electron chi connectivity index (χ2n) is 4.90. The summed E-state index contributed by atoms with van der Waals surface area (Å²) in [4.78, 5) is 0. The fraction of sp³-hybridized carbons (Fsp3) is 0.667. The average molecular weight is 182 g/mol. The fourth-order valence-corrected chi connectivity index (χ4v) is 1.15. The first-order valence-electron chi connectivity index (χ1n) is 4.81. The molecule has 0 aromatic heterocycles. The third kappa shape index (κ3) is 4.89. The average Bonchev–Trinajstić information content (AvgIpc) is 1.97. The van der Waals surface area contributed by atoms with Gasteiger partial charge in [0.15, 0.2) is 0 Å². The van der Waals surface area contributed by atoms with Crippen LogP contribution >= 0.6 is 0 Å². The van der Waals surface area contributed by atoms with Crippen LogP contribution in [-0.4, -0.2) is 11.2 Å². The summed E-state index contributed by atoms with van der Waals surface area (Å²) in [5.74, 6) is 0.242. The van der Waals surface area contributed by atoms with Gasteiger partial charge in [-0.15, -0.1) is 0 Å². The summed E-state index contributed by atoms with van der Waals surface area (Å²) >= 11 is 0. The first kappa shape index (κ1) is 12.4. The van der Waals surface area contributed by atoms with Gasteiger partial charge in [-0.25, -0.2) is 0 Å². The van der Waals surface area contributed by atoms with E-state index in [4.69, 9.17) is 0 Å². The smallest absolute Gasteiger partial charge is 0.0809 e. The van der Waals surface area contributed by atoms with E-state index < -0.39 is 6.10 Å². The van der Waals surface area contributed by atoms with Crippen molar-refractivity contribution in [1.29, 1.82) is 0 Å². The molecule has 0 saturated heterocycles. The van der Waals surface area contributed by atoms with Gasteiger partial charge in [0.1, 0.15) is 0 Å². The number of aliphatic hydroxyl groups excluding tert-OH is 1. The number of rotatable bonds is 3. The predicted octanol–water partition coefficient (Wildman–Crippen LogP) is 3.16. The van der Waals surface area contributed by atoms with Gasteiger partial charge in [0.2, 0.25) is 0 Å². The Hall–Kier alpha value is -0.560. The molecule has 1 nitrogen and oxygen atoms in total. The van der Waals surface area contributed by atoms with E-state index in [-0.39, 0.29) is 11.3 Å². The van der Waals surface area contributed by atoms with Crippen molar-refractivity contribution in [3.63, 3.8) is 0 Å². The van der Waals surface area contributed by atoms with Gasteiger partial charge in [0, 0.05) is 0 Å². The first-order chi connectivity index (χ1) is 5.78. The summed E-state index contributed by atoms with van der Waals surface area (Å²) < 4.78 is 0. The molecule has 0 bridgehead atoms. The molecule has 0 radical (unpaired) electrons. The summed E-state index contributed by atoms with van der Waals surface area (Å²) in [7, 11) is 0. The van der Waals surface area contributed by atoms with Gasteiger partial charge in [-0.3, -0.25) is 0 Å². The molecule has 0 aliphatic heterocycles. The Kier molecular flexibility index (Phi) is 4.41. The van der Waals surface area contributed by atoms with Gasteiger partial charge in [-0.1, -0.05) is 53.3 Å². The fourth-order valence-electron chi connectivity index (χ4n) is 1.15. The zero-order valence-electron chi connectivity index (χ0n) is 9.46. The van der Waals surface area contributed by atoms with E-state index in [1.54, 1.807) is 6.08 Å². The molecule has 1 atom stereocenters. The van der Waals surface area contributed by atoms with Crippen LogP contribution in [-0.2, 0) is 0 Å². The molecule has 0 fully saturated rings.